The van der Waals surface area contributed by atoms with Gasteiger partial charge in [0.25, 0.3) is 0 Å². The Kier molecular flexibility index (Phi) is 3.55. The van der Waals surface area contributed by atoms with Gasteiger partial charge in [-0.2, -0.15) is 0 Å². The van der Waals surface area contributed by atoms with E-state index in [9.17, 15) is 9.90 Å². The van der Waals surface area contributed by atoms with Gasteiger partial charge in [-0.25, -0.2) is 4.98 Å². The van der Waals surface area contributed by atoms with Crippen LogP contribution in [-0.4, -0.2) is 17.6 Å². The highest BCUT2D eigenvalue weighted by molar-refractivity contribution is 5.80. The molecule has 0 saturated carbocycles. The topological polar surface area (TPSA) is 75.4 Å². The minimum Gasteiger partial charge on any atom is -0.546 e. The number of carboxylic acids is 1. The summed E-state index contributed by atoms with van der Waals surface area (Å²) in [5.74, 6) is -0.431. The van der Waals surface area contributed by atoms with Crippen molar-refractivity contribution in [1.82, 2.24) is 4.98 Å². The summed E-state index contributed by atoms with van der Waals surface area (Å²) in [5, 5.41) is 10.6. The zero-order valence-corrected chi connectivity index (χ0v) is 12.3. The average Bonchev–Trinajstić information content (AvgIpc) is 2.91. The molecule has 3 rings (SSSR count). The number of carbonyl (C=O) groups excluding carboxylic acids is 1. The van der Waals surface area contributed by atoms with Crippen molar-refractivity contribution in [2.45, 2.75) is 13.8 Å². The lowest BCUT2D eigenvalue weighted by molar-refractivity contribution is -0.307. The lowest BCUT2D eigenvalue weighted by atomic mass is 10.1. The van der Waals surface area contributed by atoms with Crippen LogP contribution in [0.1, 0.15) is 11.1 Å². The second-order valence-corrected chi connectivity index (χ2v) is 5.05. The van der Waals surface area contributed by atoms with Crippen LogP contribution in [0, 0.1) is 13.8 Å². The number of hydrogen-bond acceptors (Lipinski definition) is 5. The van der Waals surface area contributed by atoms with E-state index in [4.69, 9.17) is 9.15 Å². The standard InChI is InChI=1S/C17H15NO4/c1-10-5-4-8-13-15(10)18-17(22-13)12-7-3-6-11(2)16(12)21-9-14(19)20/h3-8H,9H2,1-2H3,(H,19,20)/p-1. The van der Waals surface area contributed by atoms with Gasteiger partial charge in [-0.15, -0.1) is 0 Å². The van der Waals surface area contributed by atoms with Gasteiger partial charge < -0.3 is 19.1 Å². The van der Waals surface area contributed by atoms with Gasteiger partial charge in [0.2, 0.25) is 5.89 Å². The minimum absolute atomic E-state index is 0.404. The molecule has 0 spiro atoms. The van der Waals surface area contributed by atoms with Crippen molar-refractivity contribution in [1.29, 1.82) is 0 Å². The average molecular weight is 296 g/mol. The number of benzene rings is 2. The SMILES string of the molecule is Cc1cccc(-c2nc3c(C)cccc3o2)c1OCC(=O)[O-]. The van der Waals surface area contributed by atoms with Crippen molar-refractivity contribution >= 4 is 17.1 Å². The largest absolute Gasteiger partial charge is 0.546 e. The lowest BCUT2D eigenvalue weighted by Gasteiger charge is -2.12. The number of nitrogens with zero attached hydrogens (tertiary/aromatic N) is 1. The van der Waals surface area contributed by atoms with Crippen molar-refractivity contribution in [3.8, 4) is 17.2 Å². The Bertz CT molecular complexity index is 851. The molecular weight excluding hydrogens is 282 g/mol. The van der Waals surface area contributed by atoms with Gasteiger partial charge in [0, 0.05) is 0 Å². The summed E-state index contributed by atoms with van der Waals surface area (Å²) in [6.45, 7) is 3.28. The number of oxazole rings is 1. The number of para-hydroxylation sites is 2. The van der Waals surface area contributed by atoms with Gasteiger partial charge in [0.15, 0.2) is 5.58 Å². The monoisotopic (exact) mass is 296 g/mol. The highest BCUT2D eigenvalue weighted by Gasteiger charge is 2.16. The third-order valence-corrected chi connectivity index (χ3v) is 3.40. The molecule has 0 aliphatic rings. The van der Waals surface area contributed by atoms with Gasteiger partial charge in [-0.05, 0) is 37.1 Å². The molecule has 3 aromatic rings. The Labute approximate surface area is 127 Å². The first-order valence-electron chi connectivity index (χ1n) is 6.85. The first kappa shape index (κ1) is 14.1. The van der Waals surface area contributed by atoms with Crippen LogP contribution in [0.2, 0.25) is 0 Å². The zero-order chi connectivity index (χ0) is 15.7. The third-order valence-electron chi connectivity index (χ3n) is 3.40. The van der Waals surface area contributed by atoms with E-state index in [-0.39, 0.29) is 0 Å². The number of ether oxygens (including phenoxy) is 1. The molecule has 0 bridgehead atoms. The number of carbonyl (C=O) groups is 1. The Balaban J connectivity index is 2.11. The molecule has 112 valence electrons. The highest BCUT2D eigenvalue weighted by Crippen LogP contribution is 2.34. The number of aryl methyl sites for hydroxylation is 2. The molecule has 5 nitrogen and oxygen atoms in total. The number of carboxylic acid groups (broad SMARTS) is 1. The molecule has 1 aromatic heterocycles. The van der Waals surface area contributed by atoms with Crippen molar-refractivity contribution in [3.05, 3.63) is 47.5 Å². The summed E-state index contributed by atoms with van der Waals surface area (Å²) in [6.07, 6.45) is 0. The van der Waals surface area contributed by atoms with Gasteiger partial charge in [-0.3, -0.25) is 0 Å². The van der Waals surface area contributed by atoms with Gasteiger partial charge >= 0.3 is 0 Å². The lowest BCUT2D eigenvalue weighted by Crippen LogP contribution is -2.29. The molecule has 2 aromatic carbocycles. The number of fused-ring (bicyclic) bond motifs is 1. The van der Waals surface area contributed by atoms with Crippen LogP contribution >= 0.6 is 0 Å². The van der Waals surface area contributed by atoms with Crippen LogP contribution < -0.4 is 9.84 Å². The van der Waals surface area contributed by atoms with Crippen LogP contribution in [0.15, 0.2) is 40.8 Å². The molecule has 1 heterocycles. The molecule has 0 unspecified atom stereocenters. The molecule has 0 aliphatic heterocycles. The number of rotatable bonds is 4. The van der Waals surface area contributed by atoms with E-state index < -0.39 is 12.6 Å². The van der Waals surface area contributed by atoms with Crippen LogP contribution in [0.25, 0.3) is 22.6 Å². The molecule has 0 radical (unpaired) electrons. The molecule has 0 N–H and O–H groups in total. The fourth-order valence-corrected chi connectivity index (χ4v) is 2.34. The molecular formula is C17H14NO4-. The fraction of sp³-hybridized carbons (Fsp3) is 0.176. The molecule has 0 saturated heterocycles. The number of hydrogen-bond donors (Lipinski definition) is 0. The predicted molar refractivity (Wildman–Crippen MR) is 79.4 cm³/mol. The van der Waals surface area contributed by atoms with E-state index in [1.165, 1.54) is 0 Å². The maximum absolute atomic E-state index is 10.6. The minimum atomic E-state index is -1.28. The first-order chi connectivity index (χ1) is 10.6. The van der Waals surface area contributed by atoms with Crippen LogP contribution in [-0.2, 0) is 4.79 Å². The Morgan fingerprint density at radius 3 is 2.64 bits per heavy atom. The Hall–Kier alpha value is -2.82. The van der Waals surface area contributed by atoms with Crippen LogP contribution in [0.5, 0.6) is 5.75 Å². The smallest absolute Gasteiger partial charge is 0.231 e. The maximum atomic E-state index is 10.6. The van der Waals surface area contributed by atoms with E-state index in [0.29, 0.717) is 22.8 Å². The second kappa shape index (κ2) is 5.52. The Morgan fingerprint density at radius 2 is 1.91 bits per heavy atom. The summed E-state index contributed by atoms with van der Waals surface area (Å²) < 4.78 is 11.1. The van der Waals surface area contributed by atoms with Gasteiger partial charge in [0.05, 0.1) is 11.5 Å². The summed E-state index contributed by atoms with van der Waals surface area (Å²) in [6, 6.07) is 11.2. The highest BCUT2D eigenvalue weighted by atomic mass is 16.5. The summed E-state index contributed by atoms with van der Waals surface area (Å²) >= 11 is 0. The number of aliphatic carboxylic acids is 1. The van der Waals surface area contributed by atoms with E-state index in [2.05, 4.69) is 4.98 Å². The molecule has 0 aliphatic carbocycles. The normalized spacial score (nSPS) is 10.8. The molecule has 0 fully saturated rings. The fourth-order valence-electron chi connectivity index (χ4n) is 2.34. The first-order valence-corrected chi connectivity index (χ1v) is 6.85. The summed E-state index contributed by atoms with van der Waals surface area (Å²) in [4.78, 5) is 15.1. The maximum Gasteiger partial charge on any atom is 0.231 e. The van der Waals surface area contributed by atoms with Crippen LogP contribution in [0.4, 0.5) is 0 Å². The van der Waals surface area contributed by atoms with Crippen molar-refractivity contribution < 1.29 is 19.1 Å². The van der Waals surface area contributed by atoms with Crippen molar-refractivity contribution in [2.24, 2.45) is 0 Å². The predicted octanol–water partition coefficient (Wildman–Crippen LogP) is 2.24. The van der Waals surface area contributed by atoms with E-state index in [0.717, 1.165) is 16.6 Å². The van der Waals surface area contributed by atoms with E-state index in [1.54, 1.807) is 6.07 Å². The van der Waals surface area contributed by atoms with Crippen molar-refractivity contribution in [3.63, 3.8) is 0 Å². The molecule has 5 heteroatoms. The number of aromatic nitrogens is 1. The van der Waals surface area contributed by atoms with Crippen molar-refractivity contribution in [2.75, 3.05) is 6.61 Å². The van der Waals surface area contributed by atoms with Gasteiger partial charge in [-0.1, -0.05) is 24.3 Å². The Morgan fingerprint density at radius 1 is 1.18 bits per heavy atom. The molecule has 22 heavy (non-hydrogen) atoms. The molecule has 0 atom stereocenters. The molecule has 0 amide bonds. The zero-order valence-electron chi connectivity index (χ0n) is 12.3. The van der Waals surface area contributed by atoms with Crippen LogP contribution in [0.3, 0.4) is 0 Å². The van der Waals surface area contributed by atoms with E-state index in [1.807, 2.05) is 44.2 Å². The summed E-state index contributed by atoms with van der Waals surface area (Å²) in [7, 11) is 0. The van der Waals surface area contributed by atoms with E-state index >= 15 is 0 Å². The summed E-state index contributed by atoms with van der Waals surface area (Å²) in [5.41, 5.74) is 3.90. The quantitative estimate of drug-likeness (QED) is 0.738. The van der Waals surface area contributed by atoms with Gasteiger partial charge in [0.1, 0.15) is 17.9 Å². The third kappa shape index (κ3) is 2.53. The second-order valence-electron chi connectivity index (χ2n) is 5.05.